The highest BCUT2D eigenvalue weighted by Crippen LogP contribution is 2.27. The second-order valence-electron chi connectivity index (χ2n) is 7.76. The Bertz CT molecular complexity index is 1190. The maximum absolute atomic E-state index is 13.3. The zero-order chi connectivity index (χ0) is 24.8. The molecule has 3 amide bonds. The summed E-state index contributed by atoms with van der Waals surface area (Å²) < 4.78 is 15.9. The van der Waals surface area contributed by atoms with Crippen molar-refractivity contribution in [3.8, 4) is 5.75 Å². The second-order valence-corrected chi connectivity index (χ2v) is 7.76. The third-order valence-electron chi connectivity index (χ3n) is 5.47. The summed E-state index contributed by atoms with van der Waals surface area (Å²) in [7, 11) is 0. The highest BCUT2D eigenvalue weighted by molar-refractivity contribution is 6.23. The monoisotopic (exact) mass is 476 g/mol. The summed E-state index contributed by atoms with van der Waals surface area (Å²) in [5.41, 5.74) is 0.611. The molecule has 3 aromatic rings. The standard InChI is InChI=1S/C26H24N2O7/c1-2-33-26(32)18-10-12-19(13-11-18)28-23(29)15-22(25(28)31)27(16-21-9-6-14-34-21)24(30)17-35-20-7-4-3-5-8-20/h3-14,22H,2,15-17H2,1H3. The first-order valence-corrected chi connectivity index (χ1v) is 11.1. The third kappa shape index (κ3) is 5.40. The Morgan fingerprint density at radius 3 is 2.43 bits per heavy atom. The van der Waals surface area contributed by atoms with E-state index in [1.165, 1.54) is 35.4 Å². The maximum atomic E-state index is 13.3. The first-order chi connectivity index (χ1) is 17.0. The van der Waals surface area contributed by atoms with Crippen molar-refractivity contribution in [2.45, 2.75) is 25.9 Å². The lowest BCUT2D eigenvalue weighted by Crippen LogP contribution is -2.46. The molecule has 0 radical (unpaired) electrons. The van der Waals surface area contributed by atoms with Gasteiger partial charge in [-0.15, -0.1) is 0 Å². The number of benzene rings is 2. The number of carbonyl (C=O) groups excluding carboxylic acids is 4. The number of furan rings is 1. The normalized spacial score (nSPS) is 15.2. The van der Waals surface area contributed by atoms with Crippen LogP contribution in [0.25, 0.3) is 0 Å². The highest BCUT2D eigenvalue weighted by Gasteiger charge is 2.44. The molecule has 1 fully saturated rings. The Labute approximate surface area is 201 Å². The van der Waals surface area contributed by atoms with E-state index in [1.54, 1.807) is 43.3 Å². The molecule has 1 aliphatic heterocycles. The molecule has 0 saturated carbocycles. The quantitative estimate of drug-likeness (QED) is 0.345. The van der Waals surface area contributed by atoms with E-state index >= 15 is 0 Å². The van der Waals surface area contributed by atoms with Crippen molar-refractivity contribution in [2.75, 3.05) is 18.1 Å². The SMILES string of the molecule is CCOC(=O)c1ccc(N2C(=O)CC(N(Cc3ccco3)C(=O)COc3ccccc3)C2=O)cc1. The van der Waals surface area contributed by atoms with Gasteiger partial charge in [-0.25, -0.2) is 9.69 Å². The molecule has 0 bridgehead atoms. The van der Waals surface area contributed by atoms with Crippen molar-refractivity contribution in [3.05, 3.63) is 84.3 Å². The fourth-order valence-corrected chi connectivity index (χ4v) is 3.78. The molecule has 9 nitrogen and oxygen atoms in total. The number of hydrogen-bond acceptors (Lipinski definition) is 7. The van der Waals surface area contributed by atoms with Crippen LogP contribution in [0.2, 0.25) is 0 Å². The number of hydrogen-bond donors (Lipinski definition) is 0. The van der Waals surface area contributed by atoms with Gasteiger partial charge in [0.1, 0.15) is 17.6 Å². The minimum Gasteiger partial charge on any atom is -0.484 e. The van der Waals surface area contributed by atoms with Crippen LogP contribution in [0.15, 0.2) is 77.4 Å². The number of nitrogens with zero attached hydrogens (tertiary/aromatic N) is 2. The Hall–Kier alpha value is -4.40. The molecular formula is C26H24N2O7. The minimum atomic E-state index is -1.02. The number of amides is 3. The molecule has 2 aromatic carbocycles. The van der Waals surface area contributed by atoms with Gasteiger partial charge < -0.3 is 18.8 Å². The van der Waals surface area contributed by atoms with Crippen LogP contribution >= 0.6 is 0 Å². The molecule has 0 N–H and O–H groups in total. The predicted octanol–water partition coefficient (Wildman–Crippen LogP) is 3.20. The van der Waals surface area contributed by atoms with Gasteiger partial charge in [0.05, 0.1) is 37.1 Å². The van der Waals surface area contributed by atoms with Crippen molar-refractivity contribution in [1.82, 2.24) is 4.90 Å². The number of anilines is 1. The van der Waals surface area contributed by atoms with Gasteiger partial charge in [-0.3, -0.25) is 14.4 Å². The Kier molecular flexibility index (Phi) is 7.25. The zero-order valence-corrected chi connectivity index (χ0v) is 19.1. The molecule has 0 spiro atoms. The summed E-state index contributed by atoms with van der Waals surface area (Å²) in [6.45, 7) is 1.63. The minimum absolute atomic E-state index is 0.00328. The summed E-state index contributed by atoms with van der Waals surface area (Å²) in [5, 5.41) is 0. The van der Waals surface area contributed by atoms with Gasteiger partial charge in [0.25, 0.3) is 11.8 Å². The molecule has 1 aliphatic rings. The fraction of sp³-hybridized carbons (Fsp3) is 0.231. The van der Waals surface area contributed by atoms with Crippen molar-refractivity contribution in [1.29, 1.82) is 0 Å². The Balaban J connectivity index is 1.53. The van der Waals surface area contributed by atoms with Crippen LogP contribution in [0.4, 0.5) is 5.69 Å². The lowest BCUT2D eigenvalue weighted by Gasteiger charge is -2.27. The number of esters is 1. The maximum Gasteiger partial charge on any atom is 0.338 e. The molecule has 1 unspecified atom stereocenters. The van der Waals surface area contributed by atoms with E-state index in [-0.39, 0.29) is 26.2 Å². The Morgan fingerprint density at radius 2 is 1.77 bits per heavy atom. The largest absolute Gasteiger partial charge is 0.484 e. The molecule has 0 aliphatic carbocycles. The Morgan fingerprint density at radius 1 is 1.03 bits per heavy atom. The summed E-state index contributed by atoms with van der Waals surface area (Å²) in [5.74, 6) is -0.976. The van der Waals surface area contributed by atoms with Crippen molar-refractivity contribution in [2.24, 2.45) is 0 Å². The molecule has 2 heterocycles. The van der Waals surface area contributed by atoms with Crippen LogP contribution in [0.5, 0.6) is 5.75 Å². The van der Waals surface area contributed by atoms with Gasteiger partial charge in [0, 0.05) is 0 Å². The topological polar surface area (TPSA) is 106 Å². The molecule has 1 atom stereocenters. The van der Waals surface area contributed by atoms with E-state index in [2.05, 4.69) is 0 Å². The lowest BCUT2D eigenvalue weighted by molar-refractivity contribution is -0.141. The van der Waals surface area contributed by atoms with Crippen molar-refractivity contribution >= 4 is 29.4 Å². The van der Waals surface area contributed by atoms with E-state index in [0.29, 0.717) is 22.8 Å². The molecule has 1 saturated heterocycles. The van der Waals surface area contributed by atoms with E-state index in [9.17, 15) is 19.2 Å². The van der Waals surface area contributed by atoms with Crippen LogP contribution < -0.4 is 9.64 Å². The molecule has 9 heteroatoms. The number of para-hydroxylation sites is 1. The van der Waals surface area contributed by atoms with Crippen LogP contribution in [-0.2, 0) is 25.7 Å². The predicted molar refractivity (Wildman–Crippen MR) is 124 cm³/mol. The van der Waals surface area contributed by atoms with E-state index in [0.717, 1.165) is 4.90 Å². The van der Waals surface area contributed by atoms with Crippen LogP contribution in [0.3, 0.4) is 0 Å². The lowest BCUT2D eigenvalue weighted by atomic mass is 10.2. The first kappa shape index (κ1) is 23.7. The molecule has 4 rings (SSSR count). The first-order valence-electron chi connectivity index (χ1n) is 11.1. The smallest absolute Gasteiger partial charge is 0.338 e. The van der Waals surface area contributed by atoms with E-state index < -0.39 is 29.7 Å². The summed E-state index contributed by atoms with van der Waals surface area (Å²) >= 11 is 0. The molecule has 35 heavy (non-hydrogen) atoms. The third-order valence-corrected chi connectivity index (χ3v) is 5.47. The van der Waals surface area contributed by atoms with Crippen LogP contribution in [0, 0.1) is 0 Å². The molecular weight excluding hydrogens is 452 g/mol. The molecule has 180 valence electrons. The highest BCUT2D eigenvalue weighted by atomic mass is 16.5. The number of rotatable bonds is 9. The summed E-state index contributed by atoms with van der Waals surface area (Å²) in [6, 6.07) is 17.1. The van der Waals surface area contributed by atoms with Gasteiger partial charge in [-0.05, 0) is 55.5 Å². The second kappa shape index (κ2) is 10.7. The van der Waals surface area contributed by atoms with Gasteiger partial charge in [-0.1, -0.05) is 18.2 Å². The van der Waals surface area contributed by atoms with E-state index in [4.69, 9.17) is 13.9 Å². The summed E-state index contributed by atoms with van der Waals surface area (Å²) in [6.07, 6.45) is 1.29. The van der Waals surface area contributed by atoms with Crippen molar-refractivity contribution in [3.63, 3.8) is 0 Å². The fourth-order valence-electron chi connectivity index (χ4n) is 3.78. The summed E-state index contributed by atoms with van der Waals surface area (Å²) in [4.78, 5) is 53.5. The average molecular weight is 476 g/mol. The van der Waals surface area contributed by atoms with Gasteiger partial charge in [-0.2, -0.15) is 0 Å². The van der Waals surface area contributed by atoms with Gasteiger partial charge in [0.2, 0.25) is 5.91 Å². The van der Waals surface area contributed by atoms with Gasteiger partial charge in [0.15, 0.2) is 6.61 Å². The number of imide groups is 1. The van der Waals surface area contributed by atoms with Crippen LogP contribution in [-0.4, -0.2) is 47.8 Å². The van der Waals surface area contributed by atoms with Gasteiger partial charge >= 0.3 is 5.97 Å². The zero-order valence-electron chi connectivity index (χ0n) is 19.1. The average Bonchev–Trinajstić information content (AvgIpc) is 3.49. The molecule has 1 aromatic heterocycles. The number of ether oxygens (including phenoxy) is 2. The van der Waals surface area contributed by atoms with Crippen LogP contribution in [0.1, 0.15) is 29.5 Å². The van der Waals surface area contributed by atoms with Crippen molar-refractivity contribution < 1.29 is 33.1 Å². The van der Waals surface area contributed by atoms with E-state index in [1.807, 2.05) is 6.07 Å². The number of carbonyl (C=O) groups is 4.